The van der Waals surface area contributed by atoms with E-state index >= 15 is 0 Å². The first-order valence-electron chi connectivity index (χ1n) is 2.94. The first-order chi connectivity index (χ1) is 5.16. The molecular weight excluding hydrogens is 203 g/mol. The molecule has 0 fully saturated rings. The molecule has 4 nitrogen and oxygen atoms in total. The predicted molar refractivity (Wildman–Crippen MR) is 48.9 cm³/mol. The Morgan fingerprint density at radius 1 is 1.75 bits per heavy atom. The molecular formula is C6H8Cl2N2O2. The number of aromatic nitrogens is 1. The second-order valence-corrected chi connectivity index (χ2v) is 2.32. The van der Waals surface area contributed by atoms with Crippen molar-refractivity contribution in [3.63, 3.8) is 0 Å². The lowest BCUT2D eigenvalue weighted by atomic mass is 10.4. The molecule has 0 radical (unpaired) electrons. The van der Waals surface area contributed by atoms with Gasteiger partial charge in [-0.2, -0.15) is 0 Å². The third-order valence-corrected chi connectivity index (χ3v) is 1.59. The van der Waals surface area contributed by atoms with Gasteiger partial charge in [-0.05, 0) is 6.07 Å². The lowest BCUT2D eigenvalue weighted by molar-refractivity contribution is 0.0687. The summed E-state index contributed by atoms with van der Waals surface area (Å²) in [5.74, 6) is -1.05. The van der Waals surface area contributed by atoms with Gasteiger partial charge in [0.2, 0.25) is 0 Å². The molecule has 1 aromatic rings. The number of nitrogens with one attached hydrogen (secondary N) is 1. The smallest absolute Gasteiger partial charge is 0.356 e. The van der Waals surface area contributed by atoms with E-state index in [0.717, 1.165) is 0 Å². The second-order valence-electron chi connectivity index (χ2n) is 1.91. The molecule has 2 N–H and O–H groups in total. The topological polar surface area (TPSA) is 54.3 Å². The molecule has 0 atom stereocenters. The third-order valence-electron chi connectivity index (χ3n) is 1.28. The fraction of sp³-hybridized carbons (Fsp3) is 0.167. The number of rotatable bonds is 2. The first-order valence-corrected chi connectivity index (χ1v) is 3.32. The van der Waals surface area contributed by atoms with Crippen LogP contribution in [-0.4, -0.2) is 22.8 Å². The van der Waals surface area contributed by atoms with E-state index in [0.29, 0.717) is 0 Å². The van der Waals surface area contributed by atoms with Gasteiger partial charge in [0.15, 0.2) is 5.69 Å². The van der Waals surface area contributed by atoms with E-state index < -0.39 is 5.97 Å². The zero-order valence-electron chi connectivity index (χ0n) is 6.24. The summed E-state index contributed by atoms with van der Waals surface area (Å²) in [6.07, 6.45) is 1.55. The summed E-state index contributed by atoms with van der Waals surface area (Å²) >= 11 is 5.58. The Labute approximate surface area is 80.5 Å². The van der Waals surface area contributed by atoms with Gasteiger partial charge in [0.1, 0.15) is 0 Å². The maximum absolute atomic E-state index is 10.5. The summed E-state index contributed by atoms with van der Waals surface area (Å²) in [7, 11) is 1.61. The highest BCUT2D eigenvalue weighted by molar-refractivity contribution is 6.33. The van der Waals surface area contributed by atoms with Crippen LogP contribution in [0.5, 0.6) is 0 Å². The van der Waals surface area contributed by atoms with Gasteiger partial charge in [0, 0.05) is 13.2 Å². The Bertz CT molecular complexity index is 285. The molecule has 0 aromatic carbocycles. The molecule has 0 amide bonds. The van der Waals surface area contributed by atoms with Crippen molar-refractivity contribution < 1.29 is 9.90 Å². The van der Waals surface area contributed by atoms with E-state index in [4.69, 9.17) is 16.7 Å². The number of hydrogen-bond donors (Lipinski definition) is 2. The average molecular weight is 211 g/mol. The fourth-order valence-corrected chi connectivity index (χ4v) is 1.03. The molecule has 0 unspecified atom stereocenters. The Morgan fingerprint density at radius 2 is 2.33 bits per heavy atom. The number of carboxylic acid groups (broad SMARTS) is 1. The van der Waals surface area contributed by atoms with Crippen LogP contribution in [0.4, 0.5) is 0 Å². The zero-order valence-corrected chi connectivity index (χ0v) is 7.82. The number of carbonyl (C=O) groups is 1. The summed E-state index contributed by atoms with van der Waals surface area (Å²) in [5.41, 5.74) is 2.70. The maximum atomic E-state index is 10.5. The monoisotopic (exact) mass is 210 g/mol. The van der Waals surface area contributed by atoms with Gasteiger partial charge in [0.05, 0.1) is 5.02 Å². The molecule has 6 heteroatoms. The average Bonchev–Trinajstić information content (AvgIpc) is 2.30. The van der Waals surface area contributed by atoms with Crippen LogP contribution >= 0.6 is 24.0 Å². The van der Waals surface area contributed by atoms with Crippen molar-refractivity contribution in [3.8, 4) is 0 Å². The maximum Gasteiger partial charge on any atom is 0.356 e. The van der Waals surface area contributed by atoms with E-state index in [2.05, 4.69) is 5.43 Å². The van der Waals surface area contributed by atoms with Gasteiger partial charge in [-0.1, -0.05) is 11.6 Å². The molecule has 0 saturated heterocycles. The van der Waals surface area contributed by atoms with Crippen molar-refractivity contribution in [1.82, 2.24) is 4.68 Å². The van der Waals surface area contributed by atoms with Crippen LogP contribution < -0.4 is 5.43 Å². The molecule has 0 spiro atoms. The molecule has 1 heterocycles. The fourth-order valence-electron chi connectivity index (χ4n) is 0.800. The van der Waals surface area contributed by atoms with E-state index in [1.807, 2.05) is 0 Å². The van der Waals surface area contributed by atoms with Crippen molar-refractivity contribution in [1.29, 1.82) is 0 Å². The van der Waals surface area contributed by atoms with Crippen molar-refractivity contribution >= 4 is 30.0 Å². The SMILES string of the molecule is CNn1ccc(Cl)c1C(=O)O.Cl. The lowest BCUT2D eigenvalue weighted by Gasteiger charge is -2.02. The van der Waals surface area contributed by atoms with E-state index in [1.54, 1.807) is 13.2 Å². The summed E-state index contributed by atoms with van der Waals surface area (Å²) in [6.45, 7) is 0. The van der Waals surface area contributed by atoms with Gasteiger partial charge in [-0.15, -0.1) is 12.4 Å². The van der Waals surface area contributed by atoms with Crippen molar-refractivity contribution in [2.45, 2.75) is 0 Å². The van der Waals surface area contributed by atoms with E-state index in [-0.39, 0.29) is 23.1 Å². The van der Waals surface area contributed by atoms with Crippen molar-refractivity contribution in [2.75, 3.05) is 12.5 Å². The largest absolute Gasteiger partial charge is 0.476 e. The molecule has 0 bridgehead atoms. The summed E-state index contributed by atoms with van der Waals surface area (Å²) in [6, 6.07) is 1.52. The molecule has 0 saturated carbocycles. The quantitative estimate of drug-likeness (QED) is 0.777. The van der Waals surface area contributed by atoms with Crippen LogP contribution in [-0.2, 0) is 0 Å². The highest BCUT2D eigenvalue weighted by Gasteiger charge is 2.13. The zero-order chi connectivity index (χ0) is 8.43. The van der Waals surface area contributed by atoms with Crippen molar-refractivity contribution in [2.24, 2.45) is 0 Å². The standard InChI is InChI=1S/C6H7ClN2O2.ClH/c1-8-9-3-2-4(7)5(9)6(10)11;/h2-3,8H,1H3,(H,10,11);1H. The number of aromatic carboxylic acids is 1. The van der Waals surface area contributed by atoms with Gasteiger partial charge >= 0.3 is 5.97 Å². The number of nitrogens with zero attached hydrogens (tertiary/aromatic N) is 1. The Kier molecular flexibility index (Phi) is 3.92. The Balaban J connectivity index is 0.00000121. The van der Waals surface area contributed by atoms with Crippen LogP contribution in [0.2, 0.25) is 5.02 Å². The molecule has 0 aliphatic rings. The molecule has 0 aliphatic heterocycles. The summed E-state index contributed by atoms with van der Waals surface area (Å²) < 4.78 is 1.34. The molecule has 68 valence electrons. The summed E-state index contributed by atoms with van der Waals surface area (Å²) in [5, 5.41) is 8.85. The lowest BCUT2D eigenvalue weighted by Crippen LogP contribution is -2.15. The Hall–Kier alpha value is -0.870. The first kappa shape index (κ1) is 11.1. The van der Waals surface area contributed by atoms with Gasteiger partial charge < -0.3 is 10.5 Å². The minimum Gasteiger partial charge on any atom is -0.476 e. The van der Waals surface area contributed by atoms with E-state index in [1.165, 1.54) is 10.7 Å². The molecule has 1 aromatic heterocycles. The van der Waals surface area contributed by atoms with Crippen LogP contribution in [0.25, 0.3) is 0 Å². The van der Waals surface area contributed by atoms with Crippen LogP contribution in [0.15, 0.2) is 12.3 Å². The van der Waals surface area contributed by atoms with Gasteiger partial charge in [-0.3, -0.25) is 4.68 Å². The Morgan fingerprint density at radius 3 is 2.67 bits per heavy atom. The van der Waals surface area contributed by atoms with Crippen molar-refractivity contribution in [3.05, 3.63) is 23.0 Å². The molecule has 12 heavy (non-hydrogen) atoms. The molecule has 1 rings (SSSR count). The summed E-state index contributed by atoms with van der Waals surface area (Å²) in [4.78, 5) is 10.5. The number of hydrogen-bond acceptors (Lipinski definition) is 2. The van der Waals surface area contributed by atoms with Crippen LogP contribution in [0.1, 0.15) is 10.5 Å². The normalized spacial score (nSPS) is 8.83. The van der Waals surface area contributed by atoms with Gasteiger partial charge in [-0.25, -0.2) is 4.79 Å². The third kappa shape index (κ3) is 1.84. The van der Waals surface area contributed by atoms with E-state index in [9.17, 15) is 4.79 Å². The highest BCUT2D eigenvalue weighted by atomic mass is 35.5. The minimum atomic E-state index is -1.05. The number of carboxylic acids is 1. The predicted octanol–water partition coefficient (Wildman–Crippen LogP) is 1.43. The minimum absolute atomic E-state index is 0. The molecule has 0 aliphatic carbocycles. The van der Waals surface area contributed by atoms with Crippen LogP contribution in [0, 0.1) is 0 Å². The van der Waals surface area contributed by atoms with Crippen LogP contribution in [0.3, 0.4) is 0 Å². The highest BCUT2D eigenvalue weighted by Crippen LogP contribution is 2.15. The van der Waals surface area contributed by atoms with Gasteiger partial charge in [0.25, 0.3) is 0 Å². The number of halogens is 2. The second kappa shape index (κ2) is 4.23.